The predicted molar refractivity (Wildman–Crippen MR) is 96.6 cm³/mol. The van der Waals surface area contributed by atoms with Crippen LogP contribution >= 0.6 is 0 Å². The molecular weight excluding hydrogens is 360 g/mol. The second-order valence-corrected chi connectivity index (χ2v) is 6.42. The number of imide groups is 1. The molecule has 2 aliphatic rings. The average Bonchev–Trinajstić information content (AvgIpc) is 3.42. The van der Waals surface area contributed by atoms with E-state index in [1.807, 2.05) is 36.4 Å². The van der Waals surface area contributed by atoms with E-state index in [1.165, 1.54) is 5.01 Å². The van der Waals surface area contributed by atoms with Crippen molar-refractivity contribution in [3.8, 4) is 11.4 Å². The molecule has 0 unspecified atom stereocenters. The van der Waals surface area contributed by atoms with Crippen LogP contribution in [0.2, 0.25) is 0 Å². The third-order valence-electron chi connectivity index (χ3n) is 4.67. The monoisotopic (exact) mass is 374 g/mol. The third-order valence-corrected chi connectivity index (χ3v) is 4.67. The molecule has 2 atom stereocenters. The highest BCUT2D eigenvalue weighted by Gasteiger charge is 2.55. The quantitative estimate of drug-likeness (QED) is 0.649. The van der Waals surface area contributed by atoms with E-state index in [2.05, 4.69) is 20.5 Å². The van der Waals surface area contributed by atoms with E-state index in [9.17, 15) is 9.59 Å². The van der Waals surface area contributed by atoms with Crippen molar-refractivity contribution in [3.05, 3.63) is 66.6 Å². The molecular formula is C19H14N6O3. The number of nitrogens with zero attached hydrogens (tertiary/aromatic N) is 6. The zero-order valence-corrected chi connectivity index (χ0v) is 14.5. The van der Waals surface area contributed by atoms with E-state index in [0.29, 0.717) is 11.5 Å². The Bertz CT molecular complexity index is 1070. The molecule has 0 radical (unpaired) electrons. The van der Waals surface area contributed by atoms with Gasteiger partial charge in [-0.15, -0.1) is 0 Å². The molecule has 2 amide bonds. The predicted octanol–water partition coefficient (Wildman–Crippen LogP) is 2.23. The van der Waals surface area contributed by atoms with Gasteiger partial charge in [-0.05, 0) is 12.1 Å². The van der Waals surface area contributed by atoms with Gasteiger partial charge in [0.25, 0.3) is 11.8 Å². The first-order valence-corrected chi connectivity index (χ1v) is 8.70. The maximum Gasteiger partial charge on any atom is 0.263 e. The van der Waals surface area contributed by atoms with Gasteiger partial charge in [0.05, 0.1) is 5.69 Å². The molecule has 0 bridgehead atoms. The van der Waals surface area contributed by atoms with Gasteiger partial charge in [0.1, 0.15) is 6.54 Å². The average molecular weight is 374 g/mol. The van der Waals surface area contributed by atoms with Crippen LogP contribution in [0.4, 0.5) is 5.69 Å². The molecule has 1 saturated heterocycles. The van der Waals surface area contributed by atoms with Crippen LogP contribution in [0.1, 0.15) is 5.89 Å². The smallest absolute Gasteiger partial charge is 0.263 e. The minimum atomic E-state index is -0.857. The maximum atomic E-state index is 12.9. The van der Waals surface area contributed by atoms with Crippen LogP contribution in [0.3, 0.4) is 0 Å². The van der Waals surface area contributed by atoms with Crippen LogP contribution in [0.15, 0.2) is 75.5 Å². The topological polar surface area (TPSA) is 104 Å². The van der Waals surface area contributed by atoms with Crippen LogP contribution in [0, 0.1) is 0 Å². The fourth-order valence-electron chi connectivity index (χ4n) is 3.35. The number of hydrogen-bond donors (Lipinski definition) is 0. The Morgan fingerprint density at radius 3 is 2.39 bits per heavy atom. The van der Waals surface area contributed by atoms with Crippen LogP contribution < -0.4 is 4.90 Å². The van der Waals surface area contributed by atoms with E-state index < -0.39 is 12.1 Å². The summed E-state index contributed by atoms with van der Waals surface area (Å²) in [6.07, 6.45) is 0. The summed E-state index contributed by atoms with van der Waals surface area (Å²) in [6, 6.07) is 16.5. The lowest BCUT2D eigenvalue weighted by molar-refractivity contribution is -0.123. The number of fused-ring (bicyclic) bond motifs is 1. The molecule has 9 heteroatoms. The molecule has 3 aromatic rings. The van der Waals surface area contributed by atoms with Crippen molar-refractivity contribution in [2.75, 3.05) is 4.90 Å². The summed E-state index contributed by atoms with van der Waals surface area (Å²) in [5.74, 6) is -0.0168. The lowest BCUT2D eigenvalue weighted by Gasteiger charge is -2.19. The van der Waals surface area contributed by atoms with Crippen LogP contribution in [0.5, 0.6) is 0 Å². The summed E-state index contributed by atoms with van der Waals surface area (Å²) >= 11 is 0. The van der Waals surface area contributed by atoms with Crippen molar-refractivity contribution in [2.24, 2.45) is 10.3 Å². The van der Waals surface area contributed by atoms with E-state index in [4.69, 9.17) is 4.52 Å². The molecule has 1 fully saturated rings. The first-order chi connectivity index (χ1) is 13.7. The summed E-state index contributed by atoms with van der Waals surface area (Å²) in [6.45, 7) is 0.0894. The Labute approximate surface area is 159 Å². The number of hydrogen-bond acceptors (Lipinski definition) is 8. The first kappa shape index (κ1) is 16.3. The van der Waals surface area contributed by atoms with E-state index >= 15 is 0 Å². The molecule has 3 heterocycles. The number of amides is 2. The van der Waals surface area contributed by atoms with Gasteiger partial charge in [-0.25, -0.2) is 4.90 Å². The van der Waals surface area contributed by atoms with Crippen LogP contribution in [0.25, 0.3) is 11.4 Å². The summed E-state index contributed by atoms with van der Waals surface area (Å²) in [5, 5.41) is 13.4. The highest BCUT2D eigenvalue weighted by molar-refractivity contribution is 6.25. The zero-order chi connectivity index (χ0) is 19.1. The molecule has 28 heavy (non-hydrogen) atoms. The summed E-state index contributed by atoms with van der Waals surface area (Å²) in [5.41, 5.74) is 1.34. The molecule has 1 aromatic heterocycles. The van der Waals surface area contributed by atoms with Crippen molar-refractivity contribution in [1.82, 2.24) is 15.1 Å². The highest BCUT2D eigenvalue weighted by atomic mass is 16.5. The molecule has 5 rings (SSSR count). The van der Waals surface area contributed by atoms with Crippen molar-refractivity contribution in [2.45, 2.75) is 18.6 Å². The van der Waals surface area contributed by atoms with Gasteiger partial charge in [0, 0.05) is 5.56 Å². The SMILES string of the molecule is O=C1[C@@H]2[C@@H](N=NN2Cc2nc(-c3ccccc3)no2)C(=O)N1c1ccccc1. The van der Waals surface area contributed by atoms with Gasteiger partial charge < -0.3 is 4.52 Å². The Balaban J connectivity index is 1.37. The fraction of sp³-hybridized carbons (Fsp3) is 0.158. The van der Waals surface area contributed by atoms with Gasteiger partial charge in [0.2, 0.25) is 11.7 Å². The third kappa shape index (κ3) is 2.56. The zero-order valence-electron chi connectivity index (χ0n) is 14.5. The van der Waals surface area contributed by atoms with Crippen LogP contribution in [-0.2, 0) is 16.1 Å². The van der Waals surface area contributed by atoms with E-state index in [-0.39, 0.29) is 24.2 Å². The van der Waals surface area contributed by atoms with Crippen molar-refractivity contribution in [3.63, 3.8) is 0 Å². The minimum Gasteiger partial charge on any atom is -0.337 e. The molecule has 2 aromatic carbocycles. The molecule has 0 N–H and O–H groups in total. The minimum absolute atomic E-state index is 0.0894. The molecule has 0 saturated carbocycles. The van der Waals surface area contributed by atoms with Crippen LogP contribution in [-0.4, -0.2) is 39.0 Å². The molecule has 2 aliphatic heterocycles. The van der Waals surface area contributed by atoms with E-state index in [0.717, 1.165) is 10.5 Å². The first-order valence-electron chi connectivity index (χ1n) is 8.70. The molecule has 138 valence electrons. The van der Waals surface area contributed by atoms with Crippen molar-refractivity contribution >= 4 is 17.5 Å². The van der Waals surface area contributed by atoms with Gasteiger partial charge in [0.15, 0.2) is 12.1 Å². The molecule has 9 nitrogen and oxygen atoms in total. The number of carbonyl (C=O) groups excluding carboxylic acids is 2. The Hall–Kier alpha value is -3.88. The van der Waals surface area contributed by atoms with Crippen molar-refractivity contribution in [1.29, 1.82) is 0 Å². The van der Waals surface area contributed by atoms with Gasteiger partial charge in [-0.3, -0.25) is 14.6 Å². The normalized spacial score (nSPS) is 20.9. The Morgan fingerprint density at radius 2 is 1.64 bits per heavy atom. The van der Waals surface area contributed by atoms with Gasteiger partial charge in [-0.1, -0.05) is 58.9 Å². The number of aromatic nitrogens is 2. The number of carbonyl (C=O) groups is 2. The fourth-order valence-corrected chi connectivity index (χ4v) is 3.35. The molecule has 0 aliphatic carbocycles. The molecule has 0 spiro atoms. The summed E-state index contributed by atoms with van der Waals surface area (Å²) < 4.78 is 5.29. The standard InChI is InChI=1S/C19H14N6O3/c26-18-15-16(19(27)25(18)13-9-5-2-6-10-13)24(23-21-15)11-14-20-17(22-28-14)12-7-3-1-4-8-12/h1-10,15-16H,11H2/t15-,16+/m1/s1. The van der Waals surface area contributed by atoms with E-state index in [1.54, 1.807) is 24.3 Å². The van der Waals surface area contributed by atoms with Crippen molar-refractivity contribution < 1.29 is 14.1 Å². The highest BCUT2D eigenvalue weighted by Crippen LogP contribution is 2.32. The summed E-state index contributed by atoms with van der Waals surface area (Å²) in [7, 11) is 0. The number of benzene rings is 2. The number of rotatable bonds is 4. The lowest BCUT2D eigenvalue weighted by atomic mass is 10.1. The second kappa shape index (κ2) is 6.38. The number of para-hydroxylation sites is 1. The maximum absolute atomic E-state index is 12.9. The Kier molecular flexibility index (Phi) is 3.71. The van der Waals surface area contributed by atoms with Gasteiger partial charge >= 0.3 is 0 Å². The largest absolute Gasteiger partial charge is 0.337 e. The lowest BCUT2D eigenvalue weighted by Crippen LogP contribution is -2.39. The summed E-state index contributed by atoms with van der Waals surface area (Å²) in [4.78, 5) is 31.1. The Morgan fingerprint density at radius 1 is 0.929 bits per heavy atom. The van der Waals surface area contributed by atoms with Gasteiger partial charge in [-0.2, -0.15) is 10.1 Å². The number of anilines is 1. The second-order valence-electron chi connectivity index (χ2n) is 6.42.